The number of carbonyl (C=O) groups is 1. The highest BCUT2D eigenvalue weighted by atomic mass is 19.4. The number of carbonyl (C=O) groups excluding carboxylic acids is 1. The Bertz CT molecular complexity index is 552. The van der Waals surface area contributed by atoms with Gasteiger partial charge >= 0.3 is 6.18 Å². The first-order valence-corrected chi connectivity index (χ1v) is 6.63. The van der Waals surface area contributed by atoms with Crippen LogP contribution in [-0.2, 0) is 11.0 Å². The Labute approximate surface area is 114 Å². The molecule has 3 nitrogen and oxygen atoms in total. The fourth-order valence-electron chi connectivity index (χ4n) is 2.75. The fraction of sp³-hybridized carbons (Fsp3) is 0.500. The van der Waals surface area contributed by atoms with E-state index in [4.69, 9.17) is 0 Å². The minimum Gasteiger partial charge on any atom is -0.322 e. The van der Waals surface area contributed by atoms with Gasteiger partial charge in [0.25, 0.3) is 0 Å². The van der Waals surface area contributed by atoms with Gasteiger partial charge in [-0.15, -0.1) is 0 Å². The molecule has 2 aliphatic rings. The third-order valence-corrected chi connectivity index (χ3v) is 4.02. The summed E-state index contributed by atoms with van der Waals surface area (Å²) >= 11 is 0. The van der Waals surface area contributed by atoms with Gasteiger partial charge in [0.1, 0.15) is 11.7 Å². The first-order valence-electron chi connectivity index (χ1n) is 6.63. The lowest BCUT2D eigenvalue weighted by Crippen LogP contribution is -2.32. The van der Waals surface area contributed by atoms with E-state index < -0.39 is 23.4 Å². The van der Waals surface area contributed by atoms with E-state index in [2.05, 4.69) is 5.32 Å². The van der Waals surface area contributed by atoms with E-state index in [1.54, 1.807) is 11.0 Å². The molecule has 0 radical (unpaired) electrons. The average molecular weight is 284 g/mol. The molecule has 6 heteroatoms. The molecule has 0 aromatic heterocycles. The minimum atomic E-state index is -4.37. The molecule has 1 spiro atoms. The largest absolute Gasteiger partial charge is 0.416 e. The van der Waals surface area contributed by atoms with Crippen molar-refractivity contribution < 1.29 is 18.0 Å². The Balaban J connectivity index is 1.95. The molecule has 1 atom stereocenters. The third-order valence-electron chi connectivity index (χ3n) is 4.02. The van der Waals surface area contributed by atoms with Crippen molar-refractivity contribution in [3.8, 4) is 0 Å². The second kappa shape index (κ2) is 4.22. The van der Waals surface area contributed by atoms with Crippen LogP contribution >= 0.6 is 0 Å². The molecule has 108 valence electrons. The van der Waals surface area contributed by atoms with Crippen LogP contribution in [0.4, 0.5) is 13.2 Å². The molecule has 1 aromatic rings. The van der Waals surface area contributed by atoms with Crippen LogP contribution in [0.3, 0.4) is 0 Å². The van der Waals surface area contributed by atoms with Gasteiger partial charge in [-0.25, -0.2) is 0 Å². The summed E-state index contributed by atoms with van der Waals surface area (Å²) in [4.78, 5) is 13.8. The average Bonchev–Trinajstić information content (AvgIpc) is 3.12. The third kappa shape index (κ3) is 1.98. The minimum absolute atomic E-state index is 0.00223. The lowest BCUT2D eigenvalue weighted by atomic mass is 10.1. The summed E-state index contributed by atoms with van der Waals surface area (Å²) in [5, 5.41) is 3.20. The molecule has 1 aliphatic carbocycles. The Morgan fingerprint density at radius 3 is 2.65 bits per heavy atom. The summed E-state index contributed by atoms with van der Waals surface area (Å²) in [5.41, 5.74) is -0.717. The maximum absolute atomic E-state index is 12.8. The number of hydrogen-bond acceptors (Lipinski definition) is 2. The molecule has 1 aliphatic heterocycles. The second-order valence-corrected chi connectivity index (χ2v) is 5.34. The van der Waals surface area contributed by atoms with Gasteiger partial charge in [0.05, 0.1) is 5.56 Å². The molecule has 1 heterocycles. The molecule has 1 N–H and O–H groups in total. The Kier molecular flexibility index (Phi) is 2.83. The zero-order chi connectivity index (χ0) is 14.5. The van der Waals surface area contributed by atoms with Crippen molar-refractivity contribution in [1.82, 2.24) is 10.2 Å². The zero-order valence-electron chi connectivity index (χ0n) is 11.0. The number of halogens is 3. The van der Waals surface area contributed by atoms with Crippen LogP contribution in [0.5, 0.6) is 0 Å². The van der Waals surface area contributed by atoms with Gasteiger partial charge in [-0.3, -0.25) is 10.1 Å². The number of rotatable bonds is 2. The highest BCUT2D eigenvalue weighted by Gasteiger charge is 2.59. The Morgan fingerprint density at radius 1 is 1.40 bits per heavy atom. The van der Waals surface area contributed by atoms with Crippen molar-refractivity contribution in [3.63, 3.8) is 0 Å². The summed E-state index contributed by atoms with van der Waals surface area (Å²) in [6, 6.07) is 5.18. The van der Waals surface area contributed by atoms with E-state index in [9.17, 15) is 18.0 Å². The Morgan fingerprint density at radius 2 is 2.10 bits per heavy atom. The van der Waals surface area contributed by atoms with Crippen LogP contribution in [0.1, 0.15) is 37.1 Å². The summed E-state index contributed by atoms with van der Waals surface area (Å²) < 4.78 is 38.3. The van der Waals surface area contributed by atoms with Gasteiger partial charge in [-0.1, -0.05) is 12.1 Å². The topological polar surface area (TPSA) is 32.3 Å². The van der Waals surface area contributed by atoms with E-state index in [1.807, 2.05) is 6.92 Å². The monoisotopic (exact) mass is 284 g/mol. The van der Waals surface area contributed by atoms with Gasteiger partial charge in [0.15, 0.2) is 0 Å². The van der Waals surface area contributed by atoms with Crippen molar-refractivity contribution in [2.24, 2.45) is 0 Å². The smallest absolute Gasteiger partial charge is 0.322 e. The van der Waals surface area contributed by atoms with E-state index in [0.717, 1.165) is 25.0 Å². The highest BCUT2D eigenvalue weighted by molar-refractivity contribution is 5.92. The van der Waals surface area contributed by atoms with Crippen molar-refractivity contribution in [1.29, 1.82) is 0 Å². The lowest BCUT2D eigenvalue weighted by molar-refractivity contribution is -0.137. The van der Waals surface area contributed by atoms with Gasteiger partial charge < -0.3 is 4.90 Å². The number of benzene rings is 1. The van der Waals surface area contributed by atoms with Crippen LogP contribution in [-0.4, -0.2) is 22.9 Å². The number of hydrogen-bond donors (Lipinski definition) is 1. The molecule has 2 fully saturated rings. The van der Waals surface area contributed by atoms with Crippen molar-refractivity contribution in [3.05, 3.63) is 35.4 Å². The predicted molar refractivity (Wildman–Crippen MR) is 66.7 cm³/mol. The zero-order valence-corrected chi connectivity index (χ0v) is 11.0. The molecule has 0 bridgehead atoms. The van der Waals surface area contributed by atoms with E-state index in [-0.39, 0.29) is 5.91 Å². The van der Waals surface area contributed by atoms with Crippen molar-refractivity contribution >= 4 is 5.91 Å². The maximum atomic E-state index is 12.8. The number of amides is 1. The van der Waals surface area contributed by atoms with Crippen LogP contribution in [0.2, 0.25) is 0 Å². The summed E-state index contributed by atoms with van der Waals surface area (Å²) in [7, 11) is 0. The van der Waals surface area contributed by atoms with E-state index in [1.165, 1.54) is 6.07 Å². The molecule has 20 heavy (non-hydrogen) atoms. The molecule has 1 unspecified atom stereocenters. The molecular formula is C14H15F3N2O. The molecule has 1 aromatic carbocycles. The number of likely N-dealkylation sites (N-methyl/N-ethyl adjacent to an activating group) is 1. The van der Waals surface area contributed by atoms with E-state index >= 15 is 0 Å². The maximum Gasteiger partial charge on any atom is 0.416 e. The SMILES string of the molecule is CCN1C(=O)C2(CC2)NC1c1cccc(C(F)(F)F)c1. The van der Waals surface area contributed by atoms with Crippen molar-refractivity contribution in [2.75, 3.05) is 6.54 Å². The normalized spacial score (nSPS) is 24.5. The van der Waals surface area contributed by atoms with Crippen LogP contribution in [0.25, 0.3) is 0 Å². The van der Waals surface area contributed by atoms with Crippen LogP contribution in [0, 0.1) is 0 Å². The summed E-state index contributed by atoms with van der Waals surface area (Å²) in [6.45, 7) is 2.32. The highest BCUT2D eigenvalue weighted by Crippen LogP contribution is 2.46. The summed E-state index contributed by atoms with van der Waals surface area (Å²) in [5.74, 6) is 0.00223. The number of nitrogens with one attached hydrogen (secondary N) is 1. The molecule has 1 amide bonds. The summed E-state index contributed by atoms with van der Waals surface area (Å²) in [6.07, 6.45) is -3.31. The van der Waals surface area contributed by atoms with Crippen LogP contribution in [0.15, 0.2) is 24.3 Å². The van der Waals surface area contributed by atoms with Gasteiger partial charge in [0, 0.05) is 6.54 Å². The molecular weight excluding hydrogens is 269 g/mol. The molecule has 1 saturated carbocycles. The van der Waals surface area contributed by atoms with Crippen LogP contribution < -0.4 is 5.32 Å². The number of alkyl halides is 3. The quantitative estimate of drug-likeness (QED) is 0.905. The van der Waals surface area contributed by atoms with Crippen molar-refractivity contribution in [2.45, 2.75) is 37.6 Å². The second-order valence-electron chi connectivity index (χ2n) is 5.34. The Hall–Kier alpha value is -1.56. The molecule has 3 rings (SSSR count). The van der Waals surface area contributed by atoms with Gasteiger partial charge in [-0.2, -0.15) is 13.2 Å². The lowest BCUT2D eigenvalue weighted by Gasteiger charge is -2.23. The fourth-order valence-corrected chi connectivity index (χ4v) is 2.75. The van der Waals surface area contributed by atoms with Gasteiger partial charge in [-0.05, 0) is 37.5 Å². The van der Waals surface area contributed by atoms with E-state index in [0.29, 0.717) is 12.1 Å². The molecule has 1 saturated heterocycles. The van der Waals surface area contributed by atoms with Gasteiger partial charge in [0.2, 0.25) is 5.91 Å². The first-order chi connectivity index (χ1) is 9.37. The predicted octanol–water partition coefficient (Wildman–Crippen LogP) is 2.69. The number of nitrogens with zero attached hydrogens (tertiary/aromatic N) is 1. The standard InChI is InChI=1S/C14H15F3N2O/c1-2-19-11(18-13(6-7-13)12(19)20)9-4-3-5-10(8-9)14(15,16)17/h3-5,8,11,18H,2,6-7H2,1H3. The first kappa shape index (κ1) is 13.4.